The summed E-state index contributed by atoms with van der Waals surface area (Å²) >= 11 is 0. The molecule has 8 heavy (non-hydrogen) atoms. The number of allylic oxidation sites excluding steroid dienone is 1. The summed E-state index contributed by atoms with van der Waals surface area (Å²) in [5.41, 5.74) is 0.368. The first-order valence-electron chi connectivity index (χ1n) is 2.13. The Bertz CT molecular complexity index is 187. The first-order valence-corrected chi connectivity index (χ1v) is 2.13. The minimum atomic E-state index is 0.368. The summed E-state index contributed by atoms with van der Waals surface area (Å²) in [4.78, 5) is 13.5. The Morgan fingerprint density at radius 2 is 2.75 bits per heavy atom. The minimum absolute atomic E-state index is 0.368. The largest absolute Gasteiger partial charge is 0.358 e. The monoisotopic (exact) mass is 108 g/mol. The Morgan fingerprint density at radius 1 is 1.88 bits per heavy atom. The predicted octanol–water partition coefficient (Wildman–Crippen LogP) is -0.187. The Labute approximate surface area is 46.4 Å². The molecular formula is C5H4N2O. The maximum Gasteiger partial charge on any atom is 0.170 e. The molecule has 0 saturated heterocycles. The molecule has 40 valence electrons. The number of nitrogens with one attached hydrogen (secondary N) is 1. The summed E-state index contributed by atoms with van der Waals surface area (Å²) in [5.74, 6) is 2.48. The van der Waals surface area contributed by atoms with Crippen molar-refractivity contribution in [2.24, 2.45) is 4.99 Å². The lowest BCUT2D eigenvalue weighted by Crippen LogP contribution is -1.99. The summed E-state index contributed by atoms with van der Waals surface area (Å²) in [5, 5.41) is 2.66. The van der Waals surface area contributed by atoms with Gasteiger partial charge in [0.15, 0.2) is 6.29 Å². The van der Waals surface area contributed by atoms with Gasteiger partial charge in [-0.15, -0.1) is 0 Å². The van der Waals surface area contributed by atoms with E-state index in [1.165, 1.54) is 12.4 Å². The van der Waals surface area contributed by atoms with Gasteiger partial charge >= 0.3 is 0 Å². The number of carbonyl (C=O) groups excluding carboxylic acids is 1. The minimum Gasteiger partial charge on any atom is -0.358 e. The zero-order chi connectivity index (χ0) is 5.82. The number of hydrogen-bond acceptors (Lipinski definition) is 3. The Hall–Kier alpha value is -1.34. The maximum absolute atomic E-state index is 9.90. The second-order valence-electron chi connectivity index (χ2n) is 1.24. The number of nitrogens with zero attached hydrogens (tertiary/aromatic N) is 1. The second kappa shape index (κ2) is 2.09. The Morgan fingerprint density at radius 3 is 3.12 bits per heavy atom. The molecule has 0 radical (unpaired) electrons. The number of aldehydes is 1. The third-order valence-corrected chi connectivity index (χ3v) is 0.693. The molecule has 1 heterocycles. The van der Waals surface area contributed by atoms with Gasteiger partial charge in [0.1, 0.15) is 5.70 Å². The predicted molar refractivity (Wildman–Crippen MR) is 29.3 cm³/mol. The van der Waals surface area contributed by atoms with E-state index in [4.69, 9.17) is 0 Å². The fourth-order valence-corrected chi connectivity index (χ4v) is 0.364. The number of aliphatic imine (C=N–C) groups is 1. The fraction of sp³-hybridized carbons (Fsp3) is 0. The number of carbonyl (C=O) groups is 1. The van der Waals surface area contributed by atoms with Crippen molar-refractivity contribution in [2.75, 3.05) is 0 Å². The van der Waals surface area contributed by atoms with Gasteiger partial charge < -0.3 is 5.32 Å². The number of hydrogen-bond donors (Lipinski definition) is 1. The average Bonchev–Trinajstić information content (AvgIpc) is 1.90. The van der Waals surface area contributed by atoms with Crippen LogP contribution in [0.2, 0.25) is 0 Å². The van der Waals surface area contributed by atoms with Gasteiger partial charge in [0.05, 0.1) is 6.20 Å². The molecule has 0 aromatic carbocycles. The smallest absolute Gasteiger partial charge is 0.170 e. The maximum atomic E-state index is 9.90. The normalized spacial score (nSPS) is 14.8. The van der Waals surface area contributed by atoms with E-state index in [-0.39, 0.29) is 0 Å². The van der Waals surface area contributed by atoms with Gasteiger partial charge in [-0.25, -0.2) is 0 Å². The lowest BCUT2D eigenvalue weighted by Gasteiger charge is -1.91. The van der Waals surface area contributed by atoms with E-state index in [9.17, 15) is 4.79 Å². The molecule has 0 bridgehead atoms. The van der Waals surface area contributed by atoms with E-state index >= 15 is 0 Å². The molecule has 0 fully saturated rings. The molecular weight excluding hydrogens is 104 g/mol. The molecule has 3 heteroatoms. The summed E-state index contributed by atoms with van der Waals surface area (Å²) < 4.78 is 0. The van der Waals surface area contributed by atoms with Gasteiger partial charge in [0.25, 0.3) is 0 Å². The van der Waals surface area contributed by atoms with Crippen molar-refractivity contribution < 1.29 is 4.79 Å². The van der Waals surface area contributed by atoms with Crippen molar-refractivity contribution in [2.45, 2.75) is 0 Å². The van der Waals surface area contributed by atoms with Crippen LogP contribution in [0.4, 0.5) is 0 Å². The molecule has 1 rings (SSSR count). The lowest BCUT2D eigenvalue weighted by atomic mass is 10.5. The van der Waals surface area contributed by atoms with E-state index in [1.807, 2.05) is 0 Å². The van der Waals surface area contributed by atoms with Crippen LogP contribution in [-0.2, 0) is 4.79 Å². The highest BCUT2D eigenvalue weighted by Gasteiger charge is 1.88. The molecule has 1 N–H and O–H groups in total. The highest BCUT2D eigenvalue weighted by Crippen LogP contribution is 1.88. The second-order valence-corrected chi connectivity index (χ2v) is 1.24. The van der Waals surface area contributed by atoms with Crippen LogP contribution in [0.15, 0.2) is 23.1 Å². The Kier molecular flexibility index (Phi) is 1.26. The molecule has 0 saturated carbocycles. The van der Waals surface area contributed by atoms with E-state index in [1.54, 1.807) is 0 Å². The van der Waals surface area contributed by atoms with E-state index < -0.39 is 0 Å². The third-order valence-electron chi connectivity index (χ3n) is 0.693. The van der Waals surface area contributed by atoms with Crippen molar-refractivity contribution in [3.05, 3.63) is 18.1 Å². The van der Waals surface area contributed by atoms with Crippen LogP contribution in [0.5, 0.6) is 0 Å². The topological polar surface area (TPSA) is 41.5 Å². The molecule has 0 spiro atoms. The van der Waals surface area contributed by atoms with E-state index in [2.05, 4.69) is 16.2 Å². The van der Waals surface area contributed by atoms with Gasteiger partial charge in [0.2, 0.25) is 0 Å². The summed E-state index contributed by atoms with van der Waals surface area (Å²) in [6.45, 7) is 0. The number of rotatable bonds is 1. The molecule has 1 aliphatic rings. The first-order chi connectivity index (χ1) is 3.93. The molecule has 1 aliphatic heterocycles. The van der Waals surface area contributed by atoms with Gasteiger partial charge in [-0.05, 0) is 0 Å². The van der Waals surface area contributed by atoms with Crippen LogP contribution in [0.3, 0.4) is 0 Å². The van der Waals surface area contributed by atoms with Crippen LogP contribution in [0.25, 0.3) is 0 Å². The molecule has 0 atom stereocenters. The highest BCUT2D eigenvalue weighted by atomic mass is 16.1. The lowest BCUT2D eigenvalue weighted by molar-refractivity contribution is -0.104. The standard InChI is InChI=1S/C5H4N2O/c8-4-5-3-6-1-2-7-5/h1,3-4,6H. The van der Waals surface area contributed by atoms with E-state index in [0.717, 1.165) is 0 Å². The first kappa shape index (κ1) is 4.81. The molecule has 0 amide bonds. The summed E-state index contributed by atoms with van der Waals surface area (Å²) in [6, 6.07) is 0. The molecule has 3 nitrogen and oxygen atoms in total. The van der Waals surface area contributed by atoms with Crippen LogP contribution in [0.1, 0.15) is 0 Å². The fourth-order valence-electron chi connectivity index (χ4n) is 0.364. The van der Waals surface area contributed by atoms with Gasteiger partial charge in [0, 0.05) is 12.1 Å². The highest BCUT2D eigenvalue weighted by molar-refractivity contribution is 5.76. The van der Waals surface area contributed by atoms with Crippen LogP contribution in [0, 0.1) is 0 Å². The zero-order valence-electron chi connectivity index (χ0n) is 4.09. The molecule has 0 aromatic rings. The van der Waals surface area contributed by atoms with Crippen molar-refractivity contribution in [3.8, 4) is 0 Å². The van der Waals surface area contributed by atoms with Crippen LogP contribution in [-0.4, -0.2) is 12.2 Å². The third kappa shape index (κ3) is 0.832. The van der Waals surface area contributed by atoms with Crippen molar-refractivity contribution in [1.82, 2.24) is 5.32 Å². The molecule has 0 unspecified atom stereocenters. The van der Waals surface area contributed by atoms with Crippen LogP contribution < -0.4 is 5.32 Å². The average molecular weight is 108 g/mol. The molecule has 0 aromatic heterocycles. The van der Waals surface area contributed by atoms with Gasteiger partial charge in [-0.1, -0.05) is 0 Å². The SMILES string of the molecule is O=CC1=CNC=C=N1. The Balaban J connectivity index is 2.82. The van der Waals surface area contributed by atoms with Crippen LogP contribution >= 0.6 is 0 Å². The van der Waals surface area contributed by atoms with Gasteiger partial charge in [-0.2, -0.15) is 4.99 Å². The summed E-state index contributed by atoms with van der Waals surface area (Å²) in [6.07, 6.45) is 3.68. The van der Waals surface area contributed by atoms with Gasteiger partial charge in [-0.3, -0.25) is 4.79 Å². The quantitative estimate of drug-likeness (QED) is 0.473. The molecule has 0 aliphatic carbocycles. The summed E-state index contributed by atoms with van der Waals surface area (Å²) in [7, 11) is 0. The van der Waals surface area contributed by atoms with Crippen molar-refractivity contribution >= 4 is 12.2 Å². The van der Waals surface area contributed by atoms with E-state index in [0.29, 0.717) is 12.0 Å². The zero-order valence-corrected chi connectivity index (χ0v) is 4.09. The van der Waals surface area contributed by atoms with Crippen molar-refractivity contribution in [3.63, 3.8) is 0 Å². The van der Waals surface area contributed by atoms with Crippen molar-refractivity contribution in [1.29, 1.82) is 0 Å².